The molecule has 0 amide bonds. The van der Waals surface area contributed by atoms with Gasteiger partial charge in [-0.3, -0.25) is 9.69 Å². The highest BCUT2D eigenvalue weighted by Crippen LogP contribution is 2.42. The van der Waals surface area contributed by atoms with Crippen LogP contribution < -0.4 is 9.64 Å². The van der Waals surface area contributed by atoms with E-state index in [1.807, 2.05) is 55.6 Å². The molecule has 0 unspecified atom stereocenters. The van der Waals surface area contributed by atoms with Crippen molar-refractivity contribution in [2.24, 2.45) is 0 Å². The molecule has 7 heteroatoms. The van der Waals surface area contributed by atoms with Crippen molar-refractivity contribution >= 4 is 33.6 Å². The second kappa shape index (κ2) is 9.00. The average Bonchev–Trinajstić information content (AvgIpc) is 3.14. The molecule has 3 heterocycles. The van der Waals surface area contributed by atoms with Gasteiger partial charge < -0.3 is 14.7 Å². The number of Topliss-reactive ketones (excluding diaryl/α,β-unsaturated/α-hetero) is 1. The van der Waals surface area contributed by atoms with Gasteiger partial charge in [0.15, 0.2) is 5.76 Å². The Bertz CT molecular complexity index is 1240. The van der Waals surface area contributed by atoms with Crippen molar-refractivity contribution in [1.82, 2.24) is 9.88 Å². The Balaban J connectivity index is 1.37. The van der Waals surface area contributed by atoms with E-state index in [0.717, 1.165) is 42.0 Å². The van der Waals surface area contributed by atoms with Gasteiger partial charge in [0.2, 0.25) is 5.78 Å². The lowest BCUT2D eigenvalue weighted by Crippen LogP contribution is -2.46. The predicted octanol–water partition coefficient (Wildman–Crippen LogP) is 4.80. The molecule has 2 aromatic carbocycles. The van der Waals surface area contributed by atoms with Gasteiger partial charge in [-0.1, -0.05) is 34.1 Å². The monoisotopic (exact) mass is 505 g/mol. The lowest BCUT2D eigenvalue weighted by Gasteiger charge is -2.35. The van der Waals surface area contributed by atoms with Gasteiger partial charge in [-0.2, -0.15) is 0 Å². The molecule has 0 bridgehead atoms. The molecule has 1 N–H and O–H groups in total. The van der Waals surface area contributed by atoms with E-state index in [4.69, 9.17) is 4.74 Å². The molecule has 1 fully saturated rings. The number of phenols is 1. The second-order valence-electron chi connectivity index (χ2n) is 8.34. The maximum absolute atomic E-state index is 13.1. The zero-order chi connectivity index (χ0) is 22.9. The van der Waals surface area contributed by atoms with Crippen molar-refractivity contribution in [3.8, 4) is 11.5 Å². The highest BCUT2D eigenvalue weighted by molar-refractivity contribution is 9.10. The molecule has 0 saturated carbocycles. The summed E-state index contributed by atoms with van der Waals surface area (Å²) in [6.45, 7) is 5.69. The van der Waals surface area contributed by atoms with E-state index in [0.29, 0.717) is 29.0 Å². The number of benzene rings is 2. The second-order valence-corrected chi connectivity index (χ2v) is 9.26. The molecule has 1 saturated heterocycles. The SMILES string of the molecule is Cc1cc(O)c(CN2CCN(c3ccccn3)CC2)c2c1C(=O)/C(=C/c1cccc(Br)c1)O2. The Morgan fingerprint density at radius 1 is 1.12 bits per heavy atom. The summed E-state index contributed by atoms with van der Waals surface area (Å²) in [5.41, 5.74) is 2.78. The summed E-state index contributed by atoms with van der Waals surface area (Å²) in [5.74, 6) is 1.75. The van der Waals surface area contributed by atoms with Crippen LogP contribution in [0.5, 0.6) is 11.5 Å². The van der Waals surface area contributed by atoms with Crippen LogP contribution in [0.25, 0.3) is 6.08 Å². The minimum atomic E-state index is -0.149. The fraction of sp³-hybridized carbons (Fsp3) is 0.231. The highest BCUT2D eigenvalue weighted by atomic mass is 79.9. The molecule has 168 valence electrons. The zero-order valence-corrected chi connectivity index (χ0v) is 19.9. The molecular formula is C26H24BrN3O3. The lowest BCUT2D eigenvalue weighted by molar-refractivity contribution is 0.101. The van der Waals surface area contributed by atoms with Crippen LogP contribution in [-0.2, 0) is 6.54 Å². The minimum Gasteiger partial charge on any atom is -0.507 e. The largest absolute Gasteiger partial charge is 0.507 e. The molecule has 5 rings (SSSR count). The average molecular weight is 506 g/mol. The van der Waals surface area contributed by atoms with Crippen LogP contribution in [0.4, 0.5) is 5.82 Å². The van der Waals surface area contributed by atoms with Gasteiger partial charge in [0.05, 0.1) is 11.1 Å². The van der Waals surface area contributed by atoms with E-state index >= 15 is 0 Å². The molecule has 33 heavy (non-hydrogen) atoms. The molecule has 0 spiro atoms. The molecule has 0 aliphatic carbocycles. The molecular weight excluding hydrogens is 482 g/mol. The van der Waals surface area contributed by atoms with E-state index in [1.54, 1.807) is 12.1 Å². The van der Waals surface area contributed by atoms with E-state index in [1.165, 1.54) is 0 Å². The van der Waals surface area contributed by atoms with Gasteiger partial charge in [-0.05, 0) is 54.5 Å². The van der Waals surface area contributed by atoms with Gasteiger partial charge in [0.1, 0.15) is 17.3 Å². The third-order valence-corrected chi connectivity index (χ3v) is 6.59. The van der Waals surface area contributed by atoms with E-state index in [9.17, 15) is 9.90 Å². The first-order chi connectivity index (χ1) is 16.0. The Kier molecular flexibility index (Phi) is 5.91. The van der Waals surface area contributed by atoms with Crippen molar-refractivity contribution in [2.45, 2.75) is 13.5 Å². The van der Waals surface area contributed by atoms with Crippen LogP contribution in [0, 0.1) is 6.92 Å². The van der Waals surface area contributed by atoms with Crippen molar-refractivity contribution in [1.29, 1.82) is 0 Å². The molecule has 3 aromatic rings. The number of halogens is 1. The number of allylic oxidation sites excluding steroid dienone is 1. The molecule has 0 radical (unpaired) electrons. The lowest BCUT2D eigenvalue weighted by atomic mass is 9.99. The van der Waals surface area contributed by atoms with Crippen LogP contribution in [0.1, 0.15) is 27.0 Å². The van der Waals surface area contributed by atoms with Gasteiger partial charge in [-0.25, -0.2) is 4.98 Å². The summed E-state index contributed by atoms with van der Waals surface area (Å²) in [6.07, 6.45) is 3.56. The van der Waals surface area contributed by atoms with Crippen LogP contribution in [0.15, 0.2) is 65.0 Å². The number of hydrogen-bond acceptors (Lipinski definition) is 6. The summed E-state index contributed by atoms with van der Waals surface area (Å²) in [6, 6.07) is 15.3. The number of rotatable bonds is 4. The fourth-order valence-corrected chi connectivity index (χ4v) is 4.80. The standard InChI is InChI=1S/C26H24BrN3O3/c1-17-13-21(31)20(16-29-9-11-30(12-10-29)23-7-2-3-8-28-23)26-24(17)25(32)22(33-26)15-18-5-4-6-19(27)14-18/h2-8,13-15,31H,9-12,16H2,1H3/b22-15-. The summed E-state index contributed by atoms with van der Waals surface area (Å²) >= 11 is 3.46. The predicted molar refractivity (Wildman–Crippen MR) is 132 cm³/mol. The fourth-order valence-electron chi connectivity index (χ4n) is 4.38. The zero-order valence-electron chi connectivity index (χ0n) is 18.3. The number of phenolic OH excluding ortho intramolecular Hbond substituents is 1. The number of pyridine rings is 1. The van der Waals surface area contributed by atoms with E-state index in [2.05, 4.69) is 30.7 Å². The number of nitrogens with zero attached hydrogens (tertiary/aromatic N) is 3. The number of aryl methyl sites for hydroxylation is 1. The van der Waals surface area contributed by atoms with Crippen molar-refractivity contribution in [3.05, 3.63) is 87.2 Å². The summed E-state index contributed by atoms with van der Waals surface area (Å²) < 4.78 is 7.01. The Morgan fingerprint density at radius 3 is 2.67 bits per heavy atom. The number of ketones is 1. The molecule has 2 aliphatic heterocycles. The third kappa shape index (κ3) is 4.38. The molecule has 1 aromatic heterocycles. The minimum absolute atomic E-state index is 0.149. The Hall–Kier alpha value is -3.16. The summed E-state index contributed by atoms with van der Waals surface area (Å²) in [5, 5.41) is 10.8. The number of anilines is 1. The van der Waals surface area contributed by atoms with Gasteiger partial charge in [0.25, 0.3) is 0 Å². The third-order valence-electron chi connectivity index (χ3n) is 6.09. The number of fused-ring (bicyclic) bond motifs is 1. The summed E-state index contributed by atoms with van der Waals surface area (Å²) in [4.78, 5) is 22.1. The number of piperazine rings is 1. The normalized spacial score (nSPS) is 17.3. The van der Waals surface area contributed by atoms with E-state index in [-0.39, 0.29) is 17.3 Å². The van der Waals surface area contributed by atoms with Crippen LogP contribution in [0.2, 0.25) is 0 Å². The van der Waals surface area contributed by atoms with Crippen LogP contribution in [0.3, 0.4) is 0 Å². The Morgan fingerprint density at radius 2 is 1.94 bits per heavy atom. The number of aromatic hydroxyl groups is 1. The topological polar surface area (TPSA) is 65.9 Å². The van der Waals surface area contributed by atoms with Crippen LogP contribution >= 0.6 is 15.9 Å². The maximum atomic E-state index is 13.1. The number of hydrogen-bond donors (Lipinski definition) is 1. The first-order valence-electron chi connectivity index (χ1n) is 10.9. The first kappa shape index (κ1) is 21.7. The van der Waals surface area contributed by atoms with Gasteiger partial charge in [-0.15, -0.1) is 0 Å². The highest BCUT2D eigenvalue weighted by Gasteiger charge is 2.34. The van der Waals surface area contributed by atoms with Crippen LogP contribution in [-0.4, -0.2) is 47.0 Å². The van der Waals surface area contributed by atoms with Crippen molar-refractivity contribution in [3.63, 3.8) is 0 Å². The van der Waals surface area contributed by atoms with Gasteiger partial charge in [0, 0.05) is 43.4 Å². The number of aromatic nitrogens is 1. The van der Waals surface area contributed by atoms with Crippen molar-refractivity contribution < 1.29 is 14.6 Å². The number of carbonyl (C=O) groups is 1. The smallest absolute Gasteiger partial charge is 0.232 e. The molecule has 0 atom stereocenters. The van der Waals surface area contributed by atoms with Gasteiger partial charge >= 0.3 is 0 Å². The molecule has 6 nitrogen and oxygen atoms in total. The Labute approximate surface area is 201 Å². The number of carbonyl (C=O) groups excluding carboxylic acids is 1. The quantitative estimate of drug-likeness (QED) is 0.514. The summed E-state index contributed by atoms with van der Waals surface area (Å²) in [7, 11) is 0. The molecule has 2 aliphatic rings. The van der Waals surface area contributed by atoms with E-state index < -0.39 is 0 Å². The van der Waals surface area contributed by atoms with Crippen molar-refractivity contribution in [2.75, 3.05) is 31.1 Å². The first-order valence-corrected chi connectivity index (χ1v) is 11.7. The maximum Gasteiger partial charge on any atom is 0.232 e. The number of ether oxygens (including phenoxy) is 1.